The van der Waals surface area contributed by atoms with Gasteiger partial charge in [0.05, 0.1) is 12.0 Å². The quantitative estimate of drug-likeness (QED) is 0.894. The molecule has 120 valence electrons. The highest BCUT2D eigenvalue weighted by atomic mass is 35.5. The summed E-state index contributed by atoms with van der Waals surface area (Å²) in [5, 5.41) is 10.2. The summed E-state index contributed by atoms with van der Waals surface area (Å²) in [5.41, 5.74) is 0.844. The Morgan fingerprint density at radius 1 is 1.32 bits per heavy atom. The van der Waals surface area contributed by atoms with Gasteiger partial charge in [0.25, 0.3) is 0 Å². The summed E-state index contributed by atoms with van der Waals surface area (Å²) in [5.74, 6) is -1.37. The third-order valence-corrected chi connectivity index (χ3v) is 4.75. The van der Waals surface area contributed by atoms with E-state index in [2.05, 4.69) is 0 Å². The second kappa shape index (κ2) is 7.14. The first kappa shape index (κ1) is 16.8. The Bertz CT molecular complexity index is 539. The van der Waals surface area contributed by atoms with E-state index in [-0.39, 0.29) is 11.9 Å². The van der Waals surface area contributed by atoms with E-state index in [0.29, 0.717) is 17.9 Å². The largest absolute Gasteiger partial charge is 0.481 e. The molecule has 1 amide bonds. The molecule has 5 heteroatoms. The van der Waals surface area contributed by atoms with Crippen molar-refractivity contribution in [2.75, 3.05) is 0 Å². The van der Waals surface area contributed by atoms with Crippen LogP contribution in [-0.2, 0) is 9.59 Å². The van der Waals surface area contributed by atoms with Crippen LogP contribution in [0.3, 0.4) is 0 Å². The topological polar surface area (TPSA) is 57.6 Å². The maximum Gasteiger partial charge on any atom is 0.308 e. The first-order valence-corrected chi connectivity index (χ1v) is 8.16. The summed E-state index contributed by atoms with van der Waals surface area (Å²) in [6.07, 6.45) is 2.33. The van der Waals surface area contributed by atoms with Gasteiger partial charge in [0.1, 0.15) is 0 Å². The van der Waals surface area contributed by atoms with Gasteiger partial charge in [-0.1, -0.05) is 37.6 Å². The van der Waals surface area contributed by atoms with Crippen LogP contribution in [0.15, 0.2) is 24.3 Å². The molecule has 22 heavy (non-hydrogen) atoms. The van der Waals surface area contributed by atoms with Crippen molar-refractivity contribution in [3.8, 4) is 0 Å². The lowest BCUT2D eigenvalue weighted by Gasteiger charge is -2.44. The predicted molar refractivity (Wildman–Crippen MR) is 85.8 cm³/mol. The molecule has 0 aliphatic carbocycles. The molecule has 0 spiro atoms. The van der Waals surface area contributed by atoms with Crippen molar-refractivity contribution >= 4 is 23.5 Å². The number of hydrogen-bond donors (Lipinski definition) is 1. The smallest absolute Gasteiger partial charge is 0.308 e. The summed E-state index contributed by atoms with van der Waals surface area (Å²) < 4.78 is 0. The average Bonchev–Trinajstić information content (AvgIpc) is 2.50. The van der Waals surface area contributed by atoms with Gasteiger partial charge >= 0.3 is 5.97 Å². The van der Waals surface area contributed by atoms with Gasteiger partial charge in [-0.2, -0.15) is 0 Å². The molecule has 1 aromatic rings. The number of nitrogens with zero attached hydrogens (tertiary/aromatic N) is 1. The number of halogens is 1. The zero-order valence-corrected chi connectivity index (χ0v) is 13.7. The van der Waals surface area contributed by atoms with Crippen LogP contribution in [0, 0.1) is 5.92 Å². The molecule has 1 aliphatic heterocycles. The molecule has 1 saturated heterocycles. The standard InChI is InChI=1S/C17H22ClNO3/c1-3-13(4-2)19-15(20)10-9-14(17(21)22)16(19)11-5-7-12(18)8-6-11/h5-8,13-14,16H,3-4,9-10H2,1-2H3,(H,21,22)/t14-,16+/m1/s1. The number of carbonyl (C=O) groups excluding carboxylic acids is 1. The lowest BCUT2D eigenvalue weighted by molar-refractivity contribution is -0.154. The second-order valence-electron chi connectivity index (χ2n) is 5.75. The van der Waals surface area contributed by atoms with E-state index in [0.717, 1.165) is 18.4 Å². The summed E-state index contributed by atoms with van der Waals surface area (Å²) >= 11 is 5.93. The molecule has 1 aromatic carbocycles. The molecule has 0 unspecified atom stereocenters. The monoisotopic (exact) mass is 323 g/mol. The maximum atomic E-state index is 12.5. The van der Waals surface area contributed by atoms with Crippen LogP contribution in [0.1, 0.15) is 51.1 Å². The number of rotatable bonds is 5. The van der Waals surface area contributed by atoms with Crippen molar-refractivity contribution < 1.29 is 14.7 Å². The van der Waals surface area contributed by atoms with Crippen LogP contribution in [0.2, 0.25) is 5.02 Å². The van der Waals surface area contributed by atoms with E-state index in [1.165, 1.54) is 0 Å². The Morgan fingerprint density at radius 2 is 1.91 bits per heavy atom. The molecule has 0 radical (unpaired) electrons. The van der Waals surface area contributed by atoms with E-state index in [4.69, 9.17) is 11.6 Å². The van der Waals surface area contributed by atoms with Crippen molar-refractivity contribution in [3.63, 3.8) is 0 Å². The van der Waals surface area contributed by atoms with Crippen LogP contribution in [0.5, 0.6) is 0 Å². The number of likely N-dealkylation sites (tertiary alicyclic amines) is 1. The molecule has 0 bridgehead atoms. The van der Waals surface area contributed by atoms with Gasteiger partial charge in [0, 0.05) is 17.5 Å². The number of aliphatic carboxylic acids is 1. The van der Waals surface area contributed by atoms with Gasteiger partial charge in [0.15, 0.2) is 0 Å². The predicted octanol–water partition coefficient (Wildman–Crippen LogP) is 3.89. The van der Waals surface area contributed by atoms with Crippen molar-refractivity contribution in [1.82, 2.24) is 4.90 Å². The minimum Gasteiger partial charge on any atom is -0.481 e. The van der Waals surface area contributed by atoms with E-state index in [1.54, 1.807) is 17.0 Å². The molecule has 1 heterocycles. The lowest BCUT2D eigenvalue weighted by atomic mass is 9.82. The summed E-state index contributed by atoms with van der Waals surface area (Å²) in [4.78, 5) is 26.0. The highest BCUT2D eigenvalue weighted by molar-refractivity contribution is 6.30. The summed E-state index contributed by atoms with van der Waals surface area (Å²) in [6, 6.07) is 6.81. The van der Waals surface area contributed by atoms with Crippen LogP contribution in [0.25, 0.3) is 0 Å². The molecule has 0 aromatic heterocycles. The number of hydrogen-bond acceptors (Lipinski definition) is 2. The third kappa shape index (κ3) is 3.27. The molecule has 0 saturated carbocycles. The second-order valence-corrected chi connectivity index (χ2v) is 6.19. The van der Waals surface area contributed by atoms with Gasteiger partial charge in [-0.3, -0.25) is 9.59 Å². The average molecular weight is 324 g/mol. The lowest BCUT2D eigenvalue weighted by Crippen LogP contribution is -2.50. The number of carboxylic acids is 1. The van der Waals surface area contributed by atoms with Crippen molar-refractivity contribution in [3.05, 3.63) is 34.9 Å². The first-order chi connectivity index (χ1) is 10.5. The molecule has 2 rings (SSSR count). The number of benzene rings is 1. The Hall–Kier alpha value is -1.55. The van der Waals surface area contributed by atoms with Gasteiger partial charge < -0.3 is 10.0 Å². The molecule has 1 aliphatic rings. The van der Waals surface area contributed by atoms with E-state index in [1.807, 2.05) is 26.0 Å². The summed E-state index contributed by atoms with van der Waals surface area (Å²) in [6.45, 7) is 4.06. The van der Waals surface area contributed by atoms with Crippen LogP contribution < -0.4 is 0 Å². The number of piperidine rings is 1. The molecule has 2 atom stereocenters. The fourth-order valence-corrected chi connectivity index (χ4v) is 3.47. The minimum atomic E-state index is -0.844. The molecular formula is C17H22ClNO3. The number of carbonyl (C=O) groups is 2. The zero-order valence-electron chi connectivity index (χ0n) is 13.0. The third-order valence-electron chi connectivity index (χ3n) is 4.50. The zero-order chi connectivity index (χ0) is 16.3. The van der Waals surface area contributed by atoms with Crippen molar-refractivity contribution in [2.24, 2.45) is 5.92 Å². The normalized spacial score (nSPS) is 22.2. The van der Waals surface area contributed by atoms with E-state index >= 15 is 0 Å². The van der Waals surface area contributed by atoms with Crippen LogP contribution >= 0.6 is 11.6 Å². The highest BCUT2D eigenvalue weighted by Gasteiger charge is 2.42. The summed E-state index contributed by atoms with van der Waals surface area (Å²) in [7, 11) is 0. The van der Waals surface area contributed by atoms with E-state index in [9.17, 15) is 14.7 Å². The fourth-order valence-electron chi connectivity index (χ4n) is 3.34. The molecular weight excluding hydrogens is 302 g/mol. The van der Waals surface area contributed by atoms with Gasteiger partial charge in [-0.25, -0.2) is 0 Å². The Kier molecular flexibility index (Phi) is 5.46. The van der Waals surface area contributed by atoms with Gasteiger partial charge in [-0.15, -0.1) is 0 Å². The van der Waals surface area contributed by atoms with Crippen LogP contribution in [0.4, 0.5) is 0 Å². The Labute approximate surface area is 136 Å². The molecule has 4 nitrogen and oxygen atoms in total. The van der Waals surface area contributed by atoms with Crippen LogP contribution in [-0.4, -0.2) is 27.9 Å². The van der Waals surface area contributed by atoms with Crippen molar-refractivity contribution in [2.45, 2.75) is 51.6 Å². The fraction of sp³-hybridized carbons (Fsp3) is 0.529. The molecule has 1 fully saturated rings. The molecule has 1 N–H and O–H groups in total. The SMILES string of the molecule is CCC(CC)N1C(=O)CC[C@@H](C(=O)O)[C@@H]1c1ccc(Cl)cc1. The van der Waals surface area contributed by atoms with Crippen molar-refractivity contribution in [1.29, 1.82) is 0 Å². The number of amides is 1. The number of carboxylic acid groups (broad SMARTS) is 1. The maximum absolute atomic E-state index is 12.5. The van der Waals surface area contributed by atoms with Gasteiger partial charge in [0.2, 0.25) is 5.91 Å². The van der Waals surface area contributed by atoms with E-state index < -0.39 is 17.9 Å². The van der Waals surface area contributed by atoms with Gasteiger partial charge in [-0.05, 0) is 37.0 Å². The highest BCUT2D eigenvalue weighted by Crippen LogP contribution is 2.39. The Morgan fingerprint density at radius 3 is 2.41 bits per heavy atom. The Balaban J connectivity index is 2.47. The first-order valence-electron chi connectivity index (χ1n) is 7.79. The minimum absolute atomic E-state index is 0.0474.